The molecule has 1 N–H and O–H groups in total. The highest BCUT2D eigenvalue weighted by Crippen LogP contribution is 2.25. The summed E-state index contributed by atoms with van der Waals surface area (Å²) in [6.07, 6.45) is -1.14. The SMILES string of the molecule is CC1CC(C(=O)O)CCN1Cc1ccc(C(F)F)cc1. The summed E-state index contributed by atoms with van der Waals surface area (Å²) in [5.41, 5.74) is 1.02. The van der Waals surface area contributed by atoms with Crippen molar-refractivity contribution in [2.45, 2.75) is 38.8 Å². The molecule has 1 aromatic rings. The minimum absolute atomic E-state index is 0.0337. The van der Waals surface area contributed by atoms with E-state index in [9.17, 15) is 13.6 Å². The summed E-state index contributed by atoms with van der Waals surface area (Å²) in [6, 6.07) is 6.54. The molecule has 0 spiro atoms. The van der Waals surface area contributed by atoms with Crippen LogP contribution >= 0.6 is 0 Å². The van der Waals surface area contributed by atoms with Crippen LogP contribution in [0.2, 0.25) is 0 Å². The second-order valence-corrected chi connectivity index (χ2v) is 5.42. The molecular formula is C15H19F2NO2. The zero-order valence-electron chi connectivity index (χ0n) is 11.4. The predicted octanol–water partition coefficient (Wildman–Crippen LogP) is 3.31. The van der Waals surface area contributed by atoms with E-state index in [4.69, 9.17) is 5.11 Å². The number of hydrogen-bond donors (Lipinski definition) is 1. The molecule has 0 radical (unpaired) electrons. The first-order valence-electron chi connectivity index (χ1n) is 6.81. The predicted molar refractivity (Wildman–Crippen MR) is 71.6 cm³/mol. The lowest BCUT2D eigenvalue weighted by Gasteiger charge is -2.36. The molecule has 0 aromatic heterocycles. The number of carboxylic acids is 1. The van der Waals surface area contributed by atoms with E-state index < -0.39 is 12.4 Å². The fourth-order valence-corrected chi connectivity index (χ4v) is 2.68. The Hall–Kier alpha value is -1.49. The van der Waals surface area contributed by atoms with Crippen molar-refractivity contribution in [2.24, 2.45) is 5.92 Å². The number of halogens is 2. The zero-order valence-corrected chi connectivity index (χ0v) is 11.4. The molecule has 1 heterocycles. The van der Waals surface area contributed by atoms with E-state index in [1.807, 2.05) is 6.92 Å². The lowest BCUT2D eigenvalue weighted by atomic mass is 9.91. The van der Waals surface area contributed by atoms with E-state index in [0.717, 1.165) is 12.1 Å². The van der Waals surface area contributed by atoms with E-state index in [1.54, 1.807) is 12.1 Å². The topological polar surface area (TPSA) is 40.5 Å². The number of carbonyl (C=O) groups is 1. The Bertz CT molecular complexity index is 461. The maximum atomic E-state index is 12.5. The first kappa shape index (κ1) is 14.9. The van der Waals surface area contributed by atoms with Gasteiger partial charge in [-0.15, -0.1) is 0 Å². The first-order valence-corrected chi connectivity index (χ1v) is 6.81. The van der Waals surface area contributed by atoms with Crippen molar-refractivity contribution >= 4 is 5.97 Å². The van der Waals surface area contributed by atoms with Crippen LogP contribution in [-0.2, 0) is 11.3 Å². The quantitative estimate of drug-likeness (QED) is 0.921. The Balaban J connectivity index is 1.95. The van der Waals surface area contributed by atoms with Crippen LogP contribution in [0.25, 0.3) is 0 Å². The lowest BCUT2D eigenvalue weighted by Crippen LogP contribution is -2.42. The van der Waals surface area contributed by atoms with Crippen LogP contribution in [0.3, 0.4) is 0 Å². The van der Waals surface area contributed by atoms with Gasteiger partial charge in [-0.25, -0.2) is 8.78 Å². The van der Waals surface area contributed by atoms with Crippen molar-refractivity contribution in [3.63, 3.8) is 0 Å². The van der Waals surface area contributed by atoms with Crippen LogP contribution in [0, 0.1) is 5.92 Å². The normalized spacial score (nSPS) is 24.0. The summed E-state index contributed by atoms with van der Waals surface area (Å²) in [5.74, 6) is -0.986. The third-order valence-electron chi connectivity index (χ3n) is 3.98. The molecule has 1 fully saturated rings. The highest BCUT2D eigenvalue weighted by Gasteiger charge is 2.29. The summed E-state index contributed by atoms with van der Waals surface area (Å²) < 4.78 is 24.9. The Kier molecular flexibility index (Phi) is 4.70. The summed E-state index contributed by atoms with van der Waals surface area (Å²) in [6.45, 7) is 3.42. The molecule has 1 aromatic carbocycles. The van der Waals surface area contributed by atoms with E-state index >= 15 is 0 Å². The van der Waals surface area contributed by atoms with Crippen molar-refractivity contribution in [2.75, 3.05) is 6.54 Å². The van der Waals surface area contributed by atoms with Crippen molar-refractivity contribution < 1.29 is 18.7 Å². The Morgan fingerprint density at radius 2 is 2.05 bits per heavy atom. The van der Waals surface area contributed by atoms with Gasteiger partial charge in [0, 0.05) is 18.2 Å². The molecule has 1 aliphatic rings. The van der Waals surface area contributed by atoms with Gasteiger partial charge in [-0.1, -0.05) is 24.3 Å². The van der Waals surface area contributed by atoms with Gasteiger partial charge in [-0.3, -0.25) is 9.69 Å². The van der Waals surface area contributed by atoms with Gasteiger partial charge >= 0.3 is 5.97 Å². The summed E-state index contributed by atoms with van der Waals surface area (Å²) in [7, 11) is 0. The van der Waals surface area contributed by atoms with Crippen molar-refractivity contribution in [1.29, 1.82) is 0 Å². The maximum absolute atomic E-state index is 12.5. The molecule has 0 bridgehead atoms. The molecule has 2 unspecified atom stereocenters. The number of benzene rings is 1. The van der Waals surface area contributed by atoms with Gasteiger partial charge in [0.2, 0.25) is 0 Å². The van der Waals surface area contributed by atoms with Gasteiger partial charge in [0.25, 0.3) is 6.43 Å². The monoisotopic (exact) mass is 283 g/mol. The van der Waals surface area contributed by atoms with Crippen molar-refractivity contribution in [1.82, 2.24) is 4.90 Å². The van der Waals surface area contributed by atoms with Gasteiger partial charge in [-0.05, 0) is 31.9 Å². The largest absolute Gasteiger partial charge is 0.481 e. The maximum Gasteiger partial charge on any atom is 0.306 e. The van der Waals surface area contributed by atoms with Crippen LogP contribution < -0.4 is 0 Å². The third-order valence-corrected chi connectivity index (χ3v) is 3.98. The highest BCUT2D eigenvalue weighted by atomic mass is 19.3. The smallest absolute Gasteiger partial charge is 0.306 e. The molecule has 0 amide bonds. The molecule has 0 saturated carbocycles. The molecule has 1 aliphatic heterocycles. The van der Waals surface area contributed by atoms with Crippen LogP contribution in [0.15, 0.2) is 24.3 Å². The Labute approximate surface area is 117 Å². The zero-order chi connectivity index (χ0) is 14.7. The van der Waals surface area contributed by atoms with E-state index in [0.29, 0.717) is 19.4 Å². The van der Waals surface area contributed by atoms with Crippen LogP contribution in [0.1, 0.15) is 37.3 Å². The second-order valence-electron chi connectivity index (χ2n) is 5.42. The van der Waals surface area contributed by atoms with Crippen LogP contribution in [0.4, 0.5) is 8.78 Å². The van der Waals surface area contributed by atoms with Crippen LogP contribution in [0.5, 0.6) is 0 Å². The highest BCUT2D eigenvalue weighted by molar-refractivity contribution is 5.70. The molecule has 3 nitrogen and oxygen atoms in total. The molecule has 1 saturated heterocycles. The molecule has 0 aliphatic carbocycles. The molecule has 2 atom stereocenters. The minimum atomic E-state index is -2.44. The van der Waals surface area contributed by atoms with E-state index in [1.165, 1.54) is 12.1 Å². The first-order chi connectivity index (χ1) is 9.47. The van der Waals surface area contributed by atoms with Crippen LogP contribution in [-0.4, -0.2) is 28.6 Å². The van der Waals surface area contributed by atoms with Crippen molar-refractivity contribution in [3.8, 4) is 0 Å². The number of aliphatic carboxylic acids is 1. The molecule has 110 valence electrons. The molecule has 2 rings (SSSR count). The number of likely N-dealkylation sites (tertiary alicyclic amines) is 1. The summed E-state index contributed by atoms with van der Waals surface area (Å²) >= 11 is 0. The molecule has 20 heavy (non-hydrogen) atoms. The fraction of sp³-hybridized carbons (Fsp3) is 0.533. The molecule has 5 heteroatoms. The lowest BCUT2D eigenvalue weighted by molar-refractivity contribution is -0.144. The average molecular weight is 283 g/mol. The van der Waals surface area contributed by atoms with Crippen molar-refractivity contribution in [3.05, 3.63) is 35.4 Å². The number of alkyl halides is 2. The molecular weight excluding hydrogens is 264 g/mol. The number of piperidine rings is 1. The number of carboxylic acid groups (broad SMARTS) is 1. The summed E-state index contributed by atoms with van der Waals surface area (Å²) in [5, 5.41) is 9.02. The number of nitrogens with zero attached hydrogens (tertiary/aromatic N) is 1. The standard InChI is InChI=1S/C15H19F2NO2/c1-10-8-13(15(19)20)6-7-18(10)9-11-2-4-12(5-3-11)14(16)17/h2-5,10,13-14H,6-9H2,1H3,(H,19,20). The van der Waals surface area contributed by atoms with E-state index in [2.05, 4.69) is 4.90 Å². The summed E-state index contributed by atoms with van der Waals surface area (Å²) in [4.78, 5) is 13.2. The average Bonchev–Trinajstić information content (AvgIpc) is 2.41. The Morgan fingerprint density at radius 3 is 2.55 bits per heavy atom. The number of rotatable bonds is 4. The minimum Gasteiger partial charge on any atom is -0.481 e. The number of hydrogen-bond acceptors (Lipinski definition) is 2. The van der Waals surface area contributed by atoms with Gasteiger partial charge in [0.05, 0.1) is 5.92 Å². The van der Waals surface area contributed by atoms with Gasteiger partial charge in [0.1, 0.15) is 0 Å². The van der Waals surface area contributed by atoms with Gasteiger partial charge in [0.15, 0.2) is 0 Å². The third kappa shape index (κ3) is 3.54. The van der Waals surface area contributed by atoms with Gasteiger partial charge in [-0.2, -0.15) is 0 Å². The fourth-order valence-electron chi connectivity index (χ4n) is 2.68. The second kappa shape index (κ2) is 6.31. The van der Waals surface area contributed by atoms with Gasteiger partial charge < -0.3 is 5.11 Å². The Morgan fingerprint density at radius 1 is 1.40 bits per heavy atom. The van der Waals surface area contributed by atoms with E-state index in [-0.39, 0.29) is 17.5 Å².